The number of carbonyl (C=O) groups is 1. The highest BCUT2D eigenvalue weighted by Crippen LogP contribution is 2.26. The van der Waals surface area contributed by atoms with Gasteiger partial charge in [-0.25, -0.2) is 22.7 Å². The lowest BCUT2D eigenvalue weighted by Gasteiger charge is -2.09. The van der Waals surface area contributed by atoms with Gasteiger partial charge in [-0.05, 0) is 37.2 Å². The quantitative estimate of drug-likeness (QED) is 0.468. The molecular formula is C19H19ClN2O6S. The van der Waals surface area contributed by atoms with Crippen LogP contribution < -0.4 is 10.3 Å². The lowest BCUT2D eigenvalue weighted by molar-refractivity contribution is 0.0462. The van der Waals surface area contributed by atoms with Gasteiger partial charge in [-0.3, -0.25) is 0 Å². The summed E-state index contributed by atoms with van der Waals surface area (Å²) in [5, 5.41) is 1.08. The van der Waals surface area contributed by atoms with Crippen LogP contribution in [0.4, 0.5) is 0 Å². The number of halogens is 1. The second kappa shape index (κ2) is 8.02. The van der Waals surface area contributed by atoms with E-state index in [0.717, 1.165) is 5.56 Å². The molecule has 0 spiro atoms. The minimum atomic E-state index is -3.69. The average Bonchev–Trinajstić information content (AvgIpc) is 3.08. The van der Waals surface area contributed by atoms with Crippen LogP contribution in [0.5, 0.6) is 0 Å². The van der Waals surface area contributed by atoms with Gasteiger partial charge >= 0.3 is 11.6 Å². The van der Waals surface area contributed by atoms with Crippen LogP contribution in [0.1, 0.15) is 28.5 Å². The monoisotopic (exact) mass is 438 g/mol. The molecule has 2 aromatic heterocycles. The number of esters is 1. The minimum Gasteiger partial charge on any atom is -0.456 e. The van der Waals surface area contributed by atoms with Crippen molar-refractivity contribution in [1.82, 2.24) is 9.29 Å². The molecule has 2 heterocycles. The number of rotatable bonds is 6. The van der Waals surface area contributed by atoms with Crippen LogP contribution >= 0.6 is 11.6 Å². The third-order valence-corrected chi connectivity index (χ3v) is 6.24. The number of nitrogens with one attached hydrogen (secondary N) is 1. The Bertz CT molecular complexity index is 1260. The zero-order valence-electron chi connectivity index (χ0n) is 16.0. The summed E-state index contributed by atoms with van der Waals surface area (Å²) in [5.41, 5.74) is 1.10. The molecule has 8 nitrogen and oxygen atoms in total. The molecule has 154 valence electrons. The number of hydrogen-bond acceptors (Lipinski definition) is 6. The van der Waals surface area contributed by atoms with E-state index >= 15 is 0 Å². The maximum absolute atomic E-state index is 12.5. The van der Waals surface area contributed by atoms with Crippen molar-refractivity contribution in [2.75, 3.05) is 7.05 Å². The van der Waals surface area contributed by atoms with Crippen LogP contribution in [0.2, 0.25) is 5.02 Å². The van der Waals surface area contributed by atoms with Gasteiger partial charge in [-0.15, -0.1) is 0 Å². The Hall–Kier alpha value is -2.62. The predicted molar refractivity (Wildman–Crippen MR) is 108 cm³/mol. The van der Waals surface area contributed by atoms with E-state index in [2.05, 4.69) is 4.72 Å². The van der Waals surface area contributed by atoms with E-state index < -0.39 is 21.6 Å². The van der Waals surface area contributed by atoms with Crippen molar-refractivity contribution in [2.45, 2.75) is 24.8 Å². The molecule has 0 atom stereocenters. The molecule has 3 aromatic rings. The lowest BCUT2D eigenvalue weighted by atomic mass is 10.1. The molecule has 0 radical (unpaired) electrons. The molecule has 0 aliphatic carbocycles. The summed E-state index contributed by atoms with van der Waals surface area (Å²) in [6.07, 6.45) is 1.98. The van der Waals surface area contributed by atoms with Gasteiger partial charge in [-0.1, -0.05) is 18.5 Å². The number of ether oxygens (including phenoxy) is 1. The number of benzene rings is 1. The second-order valence-corrected chi connectivity index (χ2v) is 8.63. The maximum Gasteiger partial charge on any atom is 0.355 e. The van der Waals surface area contributed by atoms with E-state index in [1.807, 2.05) is 6.92 Å². The van der Waals surface area contributed by atoms with Gasteiger partial charge in [0.2, 0.25) is 10.0 Å². The number of fused-ring (bicyclic) bond motifs is 1. The summed E-state index contributed by atoms with van der Waals surface area (Å²) in [7, 11) is -0.882. The molecule has 3 rings (SSSR count). The highest BCUT2D eigenvalue weighted by molar-refractivity contribution is 7.89. The van der Waals surface area contributed by atoms with Crippen molar-refractivity contribution in [2.24, 2.45) is 7.05 Å². The number of carbonyl (C=O) groups excluding carboxylic acids is 1. The normalized spacial score (nSPS) is 11.7. The molecule has 1 N–H and O–H groups in total. The van der Waals surface area contributed by atoms with Crippen LogP contribution in [-0.4, -0.2) is 26.0 Å². The van der Waals surface area contributed by atoms with Crippen LogP contribution in [0.15, 0.2) is 44.6 Å². The largest absolute Gasteiger partial charge is 0.456 e. The zero-order valence-corrected chi connectivity index (χ0v) is 17.6. The van der Waals surface area contributed by atoms with Crippen LogP contribution in [0, 0.1) is 0 Å². The summed E-state index contributed by atoms with van der Waals surface area (Å²) in [6.45, 7) is 1.72. The third kappa shape index (κ3) is 4.21. The van der Waals surface area contributed by atoms with E-state index in [4.69, 9.17) is 20.8 Å². The fourth-order valence-corrected chi connectivity index (χ4v) is 3.99. The van der Waals surface area contributed by atoms with Gasteiger partial charge in [0.25, 0.3) is 0 Å². The first kappa shape index (κ1) is 21.1. The fourth-order valence-electron chi connectivity index (χ4n) is 2.90. The van der Waals surface area contributed by atoms with Gasteiger partial charge in [0, 0.05) is 35.3 Å². The SMILES string of the molecule is CCc1cc2oc(=O)cc(COC(=O)c3cc(S(=O)(=O)NC)cn3C)c2cc1Cl. The Kier molecular flexibility index (Phi) is 5.83. The van der Waals surface area contributed by atoms with Crippen molar-refractivity contribution >= 4 is 38.6 Å². The van der Waals surface area contributed by atoms with Gasteiger partial charge < -0.3 is 13.7 Å². The molecule has 29 heavy (non-hydrogen) atoms. The number of nitrogens with zero attached hydrogens (tertiary/aromatic N) is 1. The molecule has 0 unspecified atom stereocenters. The third-order valence-electron chi connectivity index (χ3n) is 4.50. The molecular weight excluding hydrogens is 420 g/mol. The highest BCUT2D eigenvalue weighted by atomic mass is 35.5. The Morgan fingerprint density at radius 1 is 1.24 bits per heavy atom. The molecule has 0 saturated carbocycles. The van der Waals surface area contributed by atoms with Gasteiger partial charge in [-0.2, -0.15) is 0 Å². The maximum atomic E-state index is 12.5. The Morgan fingerprint density at radius 2 is 1.97 bits per heavy atom. The first-order chi connectivity index (χ1) is 13.7. The summed E-state index contributed by atoms with van der Waals surface area (Å²) in [5.74, 6) is -0.734. The van der Waals surface area contributed by atoms with Crippen molar-refractivity contribution in [3.8, 4) is 0 Å². The Morgan fingerprint density at radius 3 is 2.62 bits per heavy atom. The highest BCUT2D eigenvalue weighted by Gasteiger charge is 2.20. The van der Waals surface area contributed by atoms with Gasteiger partial charge in [0.15, 0.2) is 0 Å². The zero-order chi connectivity index (χ0) is 21.3. The van der Waals surface area contributed by atoms with Crippen molar-refractivity contribution in [3.63, 3.8) is 0 Å². The van der Waals surface area contributed by atoms with E-state index in [9.17, 15) is 18.0 Å². The van der Waals surface area contributed by atoms with Gasteiger partial charge in [0.05, 0.1) is 0 Å². The standard InChI is InChI=1S/C19H19ClN2O6S/c1-4-11-5-17-14(8-15(11)20)12(6-18(23)28-17)10-27-19(24)16-7-13(9-22(16)3)29(25,26)21-2/h5-9,21H,4,10H2,1-3H3. The summed E-state index contributed by atoms with van der Waals surface area (Å²) in [4.78, 5) is 24.3. The topological polar surface area (TPSA) is 108 Å². The van der Waals surface area contributed by atoms with Crippen molar-refractivity contribution in [1.29, 1.82) is 0 Å². The number of aromatic nitrogens is 1. The minimum absolute atomic E-state index is 0.0531. The van der Waals surface area contributed by atoms with E-state index in [-0.39, 0.29) is 17.2 Å². The summed E-state index contributed by atoms with van der Waals surface area (Å²) < 4.78 is 37.9. The molecule has 0 amide bonds. The number of hydrogen-bond donors (Lipinski definition) is 1. The molecule has 10 heteroatoms. The summed E-state index contributed by atoms with van der Waals surface area (Å²) in [6, 6.07) is 5.81. The lowest BCUT2D eigenvalue weighted by Crippen LogP contribution is -2.17. The van der Waals surface area contributed by atoms with Crippen molar-refractivity contribution in [3.05, 3.63) is 62.7 Å². The summed E-state index contributed by atoms with van der Waals surface area (Å²) >= 11 is 6.26. The van der Waals surface area contributed by atoms with Crippen LogP contribution in [-0.2, 0) is 34.8 Å². The van der Waals surface area contributed by atoms with Crippen molar-refractivity contribution < 1.29 is 22.4 Å². The smallest absolute Gasteiger partial charge is 0.355 e. The number of aryl methyl sites for hydroxylation is 2. The first-order valence-electron chi connectivity index (χ1n) is 8.68. The predicted octanol–water partition coefficient (Wildman–Crippen LogP) is 2.61. The fraction of sp³-hybridized carbons (Fsp3) is 0.263. The first-order valence-corrected chi connectivity index (χ1v) is 10.5. The van der Waals surface area contributed by atoms with E-state index in [1.165, 1.54) is 37.0 Å². The average molecular weight is 439 g/mol. The molecule has 1 aromatic carbocycles. The van der Waals surface area contributed by atoms with E-state index in [1.54, 1.807) is 12.1 Å². The number of sulfonamides is 1. The molecule has 0 aliphatic heterocycles. The Balaban J connectivity index is 1.90. The molecule has 0 aliphatic rings. The molecule has 0 fully saturated rings. The molecule has 0 saturated heterocycles. The van der Waals surface area contributed by atoms with Crippen LogP contribution in [0.25, 0.3) is 11.0 Å². The van der Waals surface area contributed by atoms with Crippen LogP contribution in [0.3, 0.4) is 0 Å². The van der Waals surface area contributed by atoms with E-state index in [0.29, 0.717) is 28.0 Å². The Labute approximate surface area is 172 Å². The molecule has 0 bridgehead atoms. The van der Waals surface area contributed by atoms with Gasteiger partial charge in [0.1, 0.15) is 22.8 Å². The second-order valence-electron chi connectivity index (χ2n) is 6.34.